The lowest BCUT2D eigenvalue weighted by Gasteiger charge is -2.07. The Morgan fingerprint density at radius 1 is 1.11 bits per heavy atom. The minimum Gasteiger partial charge on any atom is -0.387 e. The van der Waals surface area contributed by atoms with Crippen LogP contribution in [0.15, 0.2) is 54.9 Å². The summed E-state index contributed by atoms with van der Waals surface area (Å²) in [5.74, 6) is 0. The van der Waals surface area contributed by atoms with Crippen LogP contribution in [0.2, 0.25) is 0 Å². The summed E-state index contributed by atoms with van der Waals surface area (Å²) in [7, 11) is 0. The lowest BCUT2D eigenvalue weighted by atomic mass is 10.1. The summed E-state index contributed by atoms with van der Waals surface area (Å²) in [4.78, 5) is 5.00. The van der Waals surface area contributed by atoms with E-state index in [9.17, 15) is 5.11 Å². The predicted octanol–water partition coefficient (Wildman–Crippen LogP) is 3.57. The molecule has 0 spiro atoms. The Morgan fingerprint density at radius 2 is 1.89 bits per heavy atom. The van der Waals surface area contributed by atoms with Crippen LogP contribution in [0.4, 0.5) is 0 Å². The van der Waals surface area contributed by atoms with E-state index in [4.69, 9.17) is 0 Å². The molecule has 1 unspecified atom stereocenters. The van der Waals surface area contributed by atoms with Gasteiger partial charge in [0.2, 0.25) is 0 Å². The van der Waals surface area contributed by atoms with Crippen LogP contribution in [0.3, 0.4) is 0 Å². The van der Waals surface area contributed by atoms with Crippen LogP contribution >= 0.6 is 11.3 Å². The van der Waals surface area contributed by atoms with Crippen molar-refractivity contribution >= 4 is 21.4 Å². The zero-order valence-corrected chi connectivity index (χ0v) is 10.6. The number of hydrogen-bond acceptors (Lipinski definition) is 3. The zero-order valence-electron chi connectivity index (χ0n) is 9.78. The van der Waals surface area contributed by atoms with Crippen LogP contribution < -0.4 is 0 Å². The summed E-state index contributed by atoms with van der Waals surface area (Å²) < 4.78 is 1.22. The topological polar surface area (TPSA) is 33.1 Å². The van der Waals surface area contributed by atoms with E-state index in [0.717, 1.165) is 10.4 Å². The molecule has 1 N–H and O–H groups in total. The molecule has 0 radical (unpaired) electrons. The zero-order chi connectivity index (χ0) is 12.4. The van der Waals surface area contributed by atoms with Crippen molar-refractivity contribution in [1.29, 1.82) is 0 Å². The van der Waals surface area contributed by atoms with Crippen molar-refractivity contribution in [3.63, 3.8) is 0 Å². The average molecular weight is 255 g/mol. The Morgan fingerprint density at radius 3 is 2.67 bits per heavy atom. The summed E-state index contributed by atoms with van der Waals surface area (Å²) in [5.41, 5.74) is 1.11. The standard InChI is InChI=1S/C15H13NOS/c17-13(9-11-5-7-16-8-6-11)15-10-12-3-1-2-4-14(12)18-15/h1-8,10,13,17H,9H2. The molecule has 3 aromatic rings. The number of aliphatic hydroxyl groups excluding tert-OH is 1. The fourth-order valence-electron chi connectivity index (χ4n) is 2.01. The SMILES string of the molecule is OC(Cc1ccncc1)c1cc2ccccc2s1. The van der Waals surface area contributed by atoms with Crippen molar-refractivity contribution in [3.05, 3.63) is 65.3 Å². The molecule has 2 aromatic heterocycles. The maximum absolute atomic E-state index is 10.3. The molecule has 2 heterocycles. The molecule has 3 rings (SSSR count). The largest absolute Gasteiger partial charge is 0.387 e. The molecule has 90 valence electrons. The van der Waals surface area contributed by atoms with E-state index in [2.05, 4.69) is 23.2 Å². The maximum Gasteiger partial charge on any atom is 0.0922 e. The van der Waals surface area contributed by atoms with Gasteiger partial charge in [0.25, 0.3) is 0 Å². The molecule has 2 nitrogen and oxygen atoms in total. The number of hydrogen-bond donors (Lipinski definition) is 1. The van der Waals surface area contributed by atoms with Gasteiger partial charge in [-0.2, -0.15) is 0 Å². The first-order valence-electron chi connectivity index (χ1n) is 5.88. The average Bonchev–Trinajstić information content (AvgIpc) is 2.84. The van der Waals surface area contributed by atoms with Crippen molar-refractivity contribution < 1.29 is 5.11 Å². The van der Waals surface area contributed by atoms with E-state index < -0.39 is 6.10 Å². The first kappa shape index (κ1) is 11.4. The highest BCUT2D eigenvalue weighted by molar-refractivity contribution is 7.19. The summed E-state index contributed by atoms with van der Waals surface area (Å²) >= 11 is 1.66. The van der Waals surface area contributed by atoms with Gasteiger partial charge in [-0.1, -0.05) is 18.2 Å². The Bertz CT molecular complexity index is 615. The van der Waals surface area contributed by atoms with Crippen molar-refractivity contribution in [3.8, 4) is 0 Å². The molecular formula is C15H13NOS. The third-order valence-corrected chi connectivity index (χ3v) is 4.17. The van der Waals surface area contributed by atoms with Crippen molar-refractivity contribution in [2.24, 2.45) is 0 Å². The second-order valence-corrected chi connectivity index (χ2v) is 5.38. The van der Waals surface area contributed by atoms with Crippen molar-refractivity contribution in [2.45, 2.75) is 12.5 Å². The molecule has 3 heteroatoms. The summed E-state index contributed by atoms with van der Waals surface area (Å²) in [6, 6.07) is 14.2. The number of pyridine rings is 1. The third-order valence-electron chi connectivity index (χ3n) is 2.95. The fourth-order valence-corrected chi connectivity index (χ4v) is 3.06. The van der Waals surface area contributed by atoms with E-state index in [-0.39, 0.29) is 0 Å². The van der Waals surface area contributed by atoms with Gasteiger partial charge in [-0.15, -0.1) is 11.3 Å². The molecule has 18 heavy (non-hydrogen) atoms. The van der Waals surface area contributed by atoms with Gasteiger partial charge < -0.3 is 5.11 Å². The van der Waals surface area contributed by atoms with E-state index in [1.165, 1.54) is 10.1 Å². The fraction of sp³-hybridized carbons (Fsp3) is 0.133. The monoisotopic (exact) mass is 255 g/mol. The van der Waals surface area contributed by atoms with Gasteiger partial charge in [0, 0.05) is 28.4 Å². The molecule has 0 aliphatic heterocycles. The molecule has 0 amide bonds. The van der Waals surface area contributed by atoms with Gasteiger partial charge in [-0.05, 0) is 35.2 Å². The lowest BCUT2D eigenvalue weighted by Crippen LogP contribution is -1.99. The lowest BCUT2D eigenvalue weighted by molar-refractivity contribution is 0.182. The molecule has 0 aliphatic carbocycles. The first-order valence-corrected chi connectivity index (χ1v) is 6.70. The number of fused-ring (bicyclic) bond motifs is 1. The van der Waals surface area contributed by atoms with E-state index >= 15 is 0 Å². The molecule has 0 bridgehead atoms. The Hall–Kier alpha value is -1.71. The van der Waals surface area contributed by atoms with E-state index in [0.29, 0.717) is 6.42 Å². The Balaban J connectivity index is 1.86. The molecule has 1 aromatic carbocycles. The molecule has 0 fully saturated rings. The van der Waals surface area contributed by atoms with Gasteiger partial charge in [-0.25, -0.2) is 0 Å². The number of nitrogens with zero attached hydrogens (tertiary/aromatic N) is 1. The summed E-state index contributed by atoms with van der Waals surface area (Å²) in [6.45, 7) is 0. The molecule has 1 atom stereocenters. The quantitative estimate of drug-likeness (QED) is 0.776. The van der Waals surface area contributed by atoms with Crippen LogP contribution in [-0.2, 0) is 6.42 Å². The van der Waals surface area contributed by atoms with Crippen LogP contribution in [0, 0.1) is 0 Å². The normalized spacial score (nSPS) is 12.7. The number of rotatable bonds is 3. The van der Waals surface area contributed by atoms with E-state index in [1.807, 2.05) is 24.3 Å². The Kier molecular flexibility index (Phi) is 3.09. The predicted molar refractivity (Wildman–Crippen MR) is 74.7 cm³/mol. The maximum atomic E-state index is 10.3. The number of benzene rings is 1. The third kappa shape index (κ3) is 2.28. The van der Waals surface area contributed by atoms with Crippen molar-refractivity contribution in [2.75, 3.05) is 0 Å². The van der Waals surface area contributed by atoms with Crippen LogP contribution in [0.1, 0.15) is 16.5 Å². The second kappa shape index (κ2) is 4.88. The highest BCUT2D eigenvalue weighted by Crippen LogP contribution is 2.31. The molecular weight excluding hydrogens is 242 g/mol. The second-order valence-electron chi connectivity index (χ2n) is 4.26. The molecule has 0 saturated heterocycles. The summed E-state index contributed by atoms with van der Waals surface area (Å²) in [5, 5.41) is 11.5. The smallest absolute Gasteiger partial charge is 0.0922 e. The highest BCUT2D eigenvalue weighted by Gasteiger charge is 2.11. The van der Waals surface area contributed by atoms with E-state index in [1.54, 1.807) is 23.7 Å². The number of aliphatic hydroxyl groups is 1. The molecule has 0 aliphatic rings. The number of thiophene rings is 1. The van der Waals surface area contributed by atoms with Crippen LogP contribution in [0.5, 0.6) is 0 Å². The number of aromatic nitrogens is 1. The van der Waals surface area contributed by atoms with Crippen molar-refractivity contribution in [1.82, 2.24) is 4.98 Å². The minimum absolute atomic E-state index is 0.440. The highest BCUT2D eigenvalue weighted by atomic mass is 32.1. The minimum atomic E-state index is -0.440. The summed E-state index contributed by atoms with van der Waals surface area (Å²) in [6.07, 6.45) is 3.71. The first-order chi connectivity index (χ1) is 8.83. The van der Waals surface area contributed by atoms with Gasteiger partial charge in [0.1, 0.15) is 0 Å². The molecule has 0 saturated carbocycles. The Labute approximate surface area is 110 Å². The van der Waals surface area contributed by atoms with Crippen LogP contribution in [0.25, 0.3) is 10.1 Å². The van der Waals surface area contributed by atoms with Gasteiger partial charge >= 0.3 is 0 Å². The van der Waals surface area contributed by atoms with Gasteiger partial charge in [0.05, 0.1) is 6.10 Å². The van der Waals surface area contributed by atoms with Crippen LogP contribution in [-0.4, -0.2) is 10.1 Å². The van der Waals surface area contributed by atoms with Gasteiger partial charge in [-0.3, -0.25) is 4.98 Å². The van der Waals surface area contributed by atoms with Gasteiger partial charge in [0.15, 0.2) is 0 Å².